The fourth-order valence-electron chi connectivity index (χ4n) is 1.77. The minimum absolute atomic E-state index is 0.289. The monoisotopic (exact) mass is 368 g/mol. The molecule has 2 heterocycles. The summed E-state index contributed by atoms with van der Waals surface area (Å²) in [7, 11) is 0. The number of rotatable bonds is 5. The number of aryl methyl sites for hydroxylation is 1. The Hall–Kier alpha value is -2.16. The second-order valence-electron chi connectivity index (χ2n) is 4.81. The zero-order valence-electron chi connectivity index (χ0n) is 12.3. The summed E-state index contributed by atoms with van der Waals surface area (Å²) in [6.07, 6.45) is 6.50. The first-order valence-electron chi connectivity index (χ1n) is 6.80. The predicted octanol–water partition coefficient (Wildman–Crippen LogP) is 0.959. The maximum Gasteiger partial charge on any atom is 0.272 e. The van der Waals surface area contributed by atoms with Gasteiger partial charge in [-0.1, -0.05) is 6.92 Å². The number of amides is 2. The molecule has 9 heteroatoms. The van der Waals surface area contributed by atoms with Crippen LogP contribution in [0.4, 0.5) is 0 Å². The Kier molecular flexibility index (Phi) is 5.31. The molecule has 8 nitrogen and oxygen atoms in total. The molecule has 0 spiro atoms. The first-order valence-corrected chi connectivity index (χ1v) is 7.59. The Morgan fingerprint density at radius 3 is 2.55 bits per heavy atom. The fourth-order valence-corrected chi connectivity index (χ4v) is 2.10. The SMILES string of the molecule is CCn1cc(C(=O)NNC(=O)[C@H](C)Cn2cc(Br)cn2)cn1. The molecule has 0 radical (unpaired) electrons. The Bertz CT molecular complexity index is 665. The van der Waals surface area contributed by atoms with Gasteiger partial charge in [0.15, 0.2) is 0 Å². The molecule has 2 aromatic heterocycles. The second-order valence-corrected chi connectivity index (χ2v) is 5.73. The van der Waals surface area contributed by atoms with E-state index in [1.165, 1.54) is 6.20 Å². The number of hydrogen-bond donors (Lipinski definition) is 2. The zero-order valence-corrected chi connectivity index (χ0v) is 13.9. The van der Waals surface area contributed by atoms with Crippen molar-refractivity contribution in [1.29, 1.82) is 0 Å². The number of nitrogens with one attached hydrogen (secondary N) is 2. The molecule has 2 aromatic rings. The van der Waals surface area contributed by atoms with Gasteiger partial charge >= 0.3 is 0 Å². The number of hydrazine groups is 1. The van der Waals surface area contributed by atoms with Crippen molar-refractivity contribution in [3.05, 3.63) is 34.8 Å². The van der Waals surface area contributed by atoms with Crippen LogP contribution in [0, 0.1) is 5.92 Å². The lowest BCUT2D eigenvalue weighted by Gasteiger charge is -2.12. The van der Waals surface area contributed by atoms with Gasteiger partial charge in [-0.3, -0.25) is 29.8 Å². The maximum atomic E-state index is 12.0. The summed E-state index contributed by atoms with van der Waals surface area (Å²) in [6.45, 7) is 4.77. The lowest BCUT2D eigenvalue weighted by Crippen LogP contribution is -2.44. The van der Waals surface area contributed by atoms with Gasteiger partial charge in [0, 0.05) is 18.9 Å². The molecule has 22 heavy (non-hydrogen) atoms. The van der Waals surface area contributed by atoms with Crippen LogP contribution in [0.1, 0.15) is 24.2 Å². The Morgan fingerprint density at radius 2 is 1.95 bits per heavy atom. The molecule has 2 rings (SSSR count). The van der Waals surface area contributed by atoms with Crippen molar-refractivity contribution in [1.82, 2.24) is 30.4 Å². The van der Waals surface area contributed by atoms with Crippen LogP contribution in [0.5, 0.6) is 0 Å². The number of nitrogens with zero attached hydrogens (tertiary/aromatic N) is 4. The molecule has 2 N–H and O–H groups in total. The zero-order chi connectivity index (χ0) is 16.1. The third-order valence-electron chi connectivity index (χ3n) is 3.03. The summed E-state index contributed by atoms with van der Waals surface area (Å²) in [4.78, 5) is 23.8. The number of halogens is 1. The van der Waals surface area contributed by atoms with E-state index < -0.39 is 5.91 Å². The lowest BCUT2D eigenvalue weighted by molar-refractivity contribution is -0.125. The van der Waals surface area contributed by atoms with Crippen molar-refractivity contribution in [2.24, 2.45) is 5.92 Å². The van der Waals surface area contributed by atoms with Gasteiger partial charge in [-0.15, -0.1) is 0 Å². The number of carbonyl (C=O) groups excluding carboxylic acids is 2. The molecule has 1 atom stereocenters. The molecule has 118 valence electrons. The maximum absolute atomic E-state index is 12.0. The van der Waals surface area contributed by atoms with Crippen molar-refractivity contribution < 1.29 is 9.59 Å². The van der Waals surface area contributed by atoms with Crippen molar-refractivity contribution >= 4 is 27.7 Å². The van der Waals surface area contributed by atoms with E-state index in [1.807, 2.05) is 6.92 Å². The summed E-state index contributed by atoms with van der Waals surface area (Å²) in [5.41, 5.74) is 5.18. The van der Waals surface area contributed by atoms with Gasteiger partial charge in [-0.25, -0.2) is 0 Å². The topological polar surface area (TPSA) is 93.8 Å². The Labute approximate surface area is 136 Å². The third-order valence-corrected chi connectivity index (χ3v) is 3.44. The number of carbonyl (C=O) groups is 2. The Balaban J connectivity index is 1.82. The van der Waals surface area contributed by atoms with E-state index in [0.717, 1.165) is 4.47 Å². The van der Waals surface area contributed by atoms with E-state index in [9.17, 15) is 9.59 Å². The summed E-state index contributed by atoms with van der Waals surface area (Å²) in [5.74, 6) is -1.03. The third kappa shape index (κ3) is 4.17. The lowest BCUT2D eigenvalue weighted by atomic mass is 10.2. The smallest absolute Gasteiger partial charge is 0.272 e. The first-order chi connectivity index (χ1) is 10.5. The van der Waals surface area contributed by atoms with Gasteiger partial charge in [-0.2, -0.15) is 10.2 Å². The van der Waals surface area contributed by atoms with Gasteiger partial charge in [0.05, 0.1) is 34.9 Å². The molecule has 0 saturated carbocycles. The molecule has 2 amide bonds. The highest BCUT2D eigenvalue weighted by atomic mass is 79.9. The number of hydrogen-bond acceptors (Lipinski definition) is 4. The average Bonchev–Trinajstić information content (AvgIpc) is 3.13. The van der Waals surface area contributed by atoms with Crippen molar-refractivity contribution in [2.45, 2.75) is 26.9 Å². The summed E-state index contributed by atoms with van der Waals surface area (Å²) < 4.78 is 4.14. The van der Waals surface area contributed by atoms with Crippen LogP contribution < -0.4 is 10.9 Å². The molecular weight excluding hydrogens is 352 g/mol. The molecule has 0 aliphatic rings. The van der Waals surface area contributed by atoms with Gasteiger partial charge in [0.2, 0.25) is 5.91 Å². The standard InChI is InChI=1S/C13H17BrN6O2/c1-3-19-7-10(4-15-19)13(22)18-17-12(21)9(2)6-20-8-11(14)5-16-20/h4-5,7-9H,3,6H2,1-2H3,(H,17,21)(H,18,22)/t9-/m1/s1. The van der Waals surface area contributed by atoms with E-state index in [4.69, 9.17) is 0 Å². The van der Waals surface area contributed by atoms with Gasteiger partial charge < -0.3 is 0 Å². The number of aromatic nitrogens is 4. The summed E-state index contributed by atoms with van der Waals surface area (Å²) in [5, 5.41) is 8.09. The van der Waals surface area contributed by atoms with Crippen molar-refractivity contribution in [3.8, 4) is 0 Å². The average molecular weight is 369 g/mol. The minimum atomic E-state index is -0.401. The highest BCUT2D eigenvalue weighted by Gasteiger charge is 2.16. The van der Waals surface area contributed by atoms with Crippen LogP contribution in [0.25, 0.3) is 0 Å². The molecule has 0 fully saturated rings. The first kappa shape index (κ1) is 16.2. The molecule has 0 saturated heterocycles. The molecule has 0 aliphatic heterocycles. The van der Waals surface area contributed by atoms with Crippen LogP contribution in [-0.2, 0) is 17.9 Å². The molecule has 0 unspecified atom stereocenters. The summed E-state index contributed by atoms with van der Waals surface area (Å²) >= 11 is 3.29. The van der Waals surface area contributed by atoms with Crippen molar-refractivity contribution in [2.75, 3.05) is 0 Å². The highest BCUT2D eigenvalue weighted by Crippen LogP contribution is 2.08. The largest absolute Gasteiger partial charge is 0.273 e. The van der Waals surface area contributed by atoms with Gasteiger partial charge in [-0.05, 0) is 22.9 Å². The van der Waals surface area contributed by atoms with Crippen LogP contribution >= 0.6 is 15.9 Å². The van der Waals surface area contributed by atoms with Crippen LogP contribution in [0.15, 0.2) is 29.3 Å². The minimum Gasteiger partial charge on any atom is -0.273 e. The van der Waals surface area contributed by atoms with Gasteiger partial charge in [0.1, 0.15) is 0 Å². The summed E-state index contributed by atoms with van der Waals surface area (Å²) in [6, 6.07) is 0. The van der Waals surface area contributed by atoms with Gasteiger partial charge in [0.25, 0.3) is 5.91 Å². The van der Waals surface area contributed by atoms with Crippen molar-refractivity contribution in [3.63, 3.8) is 0 Å². The second kappa shape index (κ2) is 7.21. The van der Waals surface area contributed by atoms with E-state index in [1.54, 1.807) is 34.9 Å². The quantitative estimate of drug-likeness (QED) is 0.768. The molecule has 0 aromatic carbocycles. The van der Waals surface area contributed by atoms with E-state index >= 15 is 0 Å². The normalized spacial score (nSPS) is 12.0. The molecule has 0 bridgehead atoms. The van der Waals surface area contributed by atoms with Crippen LogP contribution in [0.2, 0.25) is 0 Å². The van der Waals surface area contributed by atoms with E-state index in [-0.39, 0.29) is 11.8 Å². The van der Waals surface area contributed by atoms with E-state index in [0.29, 0.717) is 18.7 Å². The molecular formula is C13H17BrN6O2. The Morgan fingerprint density at radius 1 is 1.23 bits per heavy atom. The van der Waals surface area contributed by atoms with E-state index in [2.05, 4.69) is 37.0 Å². The predicted molar refractivity (Wildman–Crippen MR) is 82.6 cm³/mol. The highest BCUT2D eigenvalue weighted by molar-refractivity contribution is 9.10. The van der Waals surface area contributed by atoms with Crippen LogP contribution in [-0.4, -0.2) is 31.4 Å². The fraction of sp³-hybridized carbons (Fsp3) is 0.385. The van der Waals surface area contributed by atoms with Crippen LogP contribution in [0.3, 0.4) is 0 Å². The molecule has 0 aliphatic carbocycles.